The van der Waals surface area contributed by atoms with E-state index in [-0.39, 0.29) is 11.4 Å². The van der Waals surface area contributed by atoms with Crippen molar-refractivity contribution in [3.05, 3.63) is 45.7 Å². The van der Waals surface area contributed by atoms with E-state index in [4.69, 9.17) is 15.2 Å². The summed E-state index contributed by atoms with van der Waals surface area (Å²) in [5.74, 6) is 0.500. The fraction of sp³-hybridized carbons (Fsp3) is 0.200. The van der Waals surface area contributed by atoms with Crippen molar-refractivity contribution >= 4 is 21.6 Å². The van der Waals surface area contributed by atoms with Crippen LogP contribution in [0.5, 0.6) is 17.2 Å². The van der Waals surface area contributed by atoms with Crippen molar-refractivity contribution in [2.75, 3.05) is 12.8 Å². The van der Waals surface area contributed by atoms with E-state index in [0.717, 1.165) is 15.6 Å². The fourth-order valence-electron chi connectivity index (χ4n) is 1.90. The van der Waals surface area contributed by atoms with Crippen molar-refractivity contribution in [3.8, 4) is 17.2 Å². The second-order valence-corrected chi connectivity index (χ2v) is 5.29. The molecule has 0 aliphatic heterocycles. The van der Waals surface area contributed by atoms with E-state index in [9.17, 15) is 4.39 Å². The Morgan fingerprint density at radius 3 is 2.20 bits per heavy atom. The molecule has 5 heteroatoms. The zero-order valence-corrected chi connectivity index (χ0v) is 13.0. The van der Waals surface area contributed by atoms with Gasteiger partial charge in [0.15, 0.2) is 11.6 Å². The summed E-state index contributed by atoms with van der Waals surface area (Å²) >= 11 is 3.48. The quantitative estimate of drug-likeness (QED) is 0.832. The Morgan fingerprint density at radius 1 is 1.05 bits per heavy atom. The molecule has 20 heavy (non-hydrogen) atoms. The zero-order chi connectivity index (χ0) is 14.9. The third kappa shape index (κ3) is 2.88. The van der Waals surface area contributed by atoms with Gasteiger partial charge < -0.3 is 15.2 Å². The van der Waals surface area contributed by atoms with E-state index in [1.807, 2.05) is 26.0 Å². The molecule has 0 unspecified atom stereocenters. The van der Waals surface area contributed by atoms with Gasteiger partial charge in [-0.25, -0.2) is 4.39 Å². The van der Waals surface area contributed by atoms with E-state index < -0.39 is 5.82 Å². The molecule has 3 nitrogen and oxygen atoms in total. The molecule has 2 aromatic carbocycles. The van der Waals surface area contributed by atoms with Gasteiger partial charge in [-0.15, -0.1) is 0 Å². The number of halogens is 2. The van der Waals surface area contributed by atoms with Gasteiger partial charge in [-0.2, -0.15) is 0 Å². The highest BCUT2D eigenvalue weighted by atomic mass is 79.9. The monoisotopic (exact) mass is 339 g/mol. The molecule has 106 valence electrons. The van der Waals surface area contributed by atoms with E-state index in [1.165, 1.54) is 19.2 Å². The van der Waals surface area contributed by atoms with E-state index >= 15 is 0 Å². The van der Waals surface area contributed by atoms with E-state index in [2.05, 4.69) is 15.9 Å². The fourth-order valence-corrected chi connectivity index (χ4v) is 2.13. The van der Waals surface area contributed by atoms with Crippen LogP contribution in [-0.2, 0) is 0 Å². The summed E-state index contributed by atoms with van der Waals surface area (Å²) in [6, 6.07) is 6.29. The average Bonchev–Trinajstić information content (AvgIpc) is 2.39. The minimum absolute atomic E-state index is 0.0807. The zero-order valence-electron chi connectivity index (χ0n) is 11.5. The lowest BCUT2D eigenvalue weighted by atomic mass is 10.1. The van der Waals surface area contributed by atoms with E-state index in [1.54, 1.807) is 0 Å². The van der Waals surface area contributed by atoms with E-state index in [0.29, 0.717) is 11.5 Å². The maximum absolute atomic E-state index is 13.9. The predicted octanol–water partition coefficient (Wildman–Crippen LogP) is 4.59. The summed E-state index contributed by atoms with van der Waals surface area (Å²) in [4.78, 5) is 0. The maximum atomic E-state index is 13.9. The number of anilines is 1. The molecule has 0 amide bonds. The molecule has 0 bridgehead atoms. The van der Waals surface area contributed by atoms with Gasteiger partial charge in [0.1, 0.15) is 11.5 Å². The molecule has 0 aromatic heterocycles. The van der Waals surface area contributed by atoms with Crippen LogP contribution in [0.2, 0.25) is 0 Å². The van der Waals surface area contributed by atoms with Gasteiger partial charge in [-0.1, -0.05) is 15.9 Å². The Hall–Kier alpha value is -1.75. The third-order valence-electron chi connectivity index (χ3n) is 2.92. The molecule has 2 aromatic rings. The summed E-state index contributed by atoms with van der Waals surface area (Å²) < 4.78 is 25.5. The first-order valence-electron chi connectivity index (χ1n) is 6.00. The second kappa shape index (κ2) is 5.71. The van der Waals surface area contributed by atoms with Crippen molar-refractivity contribution in [1.29, 1.82) is 0 Å². The van der Waals surface area contributed by atoms with Crippen LogP contribution in [0.4, 0.5) is 10.1 Å². The van der Waals surface area contributed by atoms with Crippen LogP contribution in [0.15, 0.2) is 28.7 Å². The van der Waals surface area contributed by atoms with Gasteiger partial charge in [-0.3, -0.25) is 0 Å². The molecule has 0 spiro atoms. The number of methoxy groups -OCH3 is 1. The van der Waals surface area contributed by atoms with Crippen LogP contribution in [-0.4, -0.2) is 7.11 Å². The first-order chi connectivity index (χ1) is 9.42. The summed E-state index contributed by atoms with van der Waals surface area (Å²) in [6.07, 6.45) is 0. The summed E-state index contributed by atoms with van der Waals surface area (Å²) in [5.41, 5.74) is 7.91. The summed E-state index contributed by atoms with van der Waals surface area (Å²) in [6.45, 7) is 3.90. The Labute approximate surface area is 125 Å². The molecule has 0 saturated carbocycles. The number of hydrogen-bond acceptors (Lipinski definition) is 3. The van der Waals surface area contributed by atoms with Crippen molar-refractivity contribution in [1.82, 2.24) is 0 Å². The standard InChI is InChI=1S/C15H15BrFNO2/c1-8-4-10(5-9(2)15(8)16)20-13-7-14(19-3)12(18)6-11(13)17/h4-7H,18H2,1-3H3. The van der Waals surface area contributed by atoms with Gasteiger partial charge in [0.05, 0.1) is 12.8 Å². The molecule has 2 N–H and O–H groups in total. The Kier molecular flexibility index (Phi) is 4.18. The second-order valence-electron chi connectivity index (χ2n) is 4.50. The van der Waals surface area contributed by atoms with Crippen LogP contribution >= 0.6 is 15.9 Å². The normalized spacial score (nSPS) is 10.4. The highest BCUT2D eigenvalue weighted by Crippen LogP contribution is 2.34. The molecule has 0 heterocycles. The topological polar surface area (TPSA) is 44.5 Å². The van der Waals surface area contributed by atoms with Gasteiger partial charge >= 0.3 is 0 Å². The number of benzene rings is 2. The number of ether oxygens (including phenoxy) is 2. The molecule has 2 rings (SSSR count). The third-order valence-corrected chi connectivity index (χ3v) is 4.17. The Morgan fingerprint density at radius 2 is 1.65 bits per heavy atom. The Bertz CT molecular complexity index is 636. The van der Waals surface area contributed by atoms with Crippen molar-refractivity contribution in [2.24, 2.45) is 0 Å². The minimum Gasteiger partial charge on any atom is -0.494 e. The number of nitrogens with two attached hydrogens (primary N) is 1. The molecular weight excluding hydrogens is 325 g/mol. The lowest BCUT2D eigenvalue weighted by Crippen LogP contribution is -1.96. The SMILES string of the molecule is COc1cc(Oc2cc(C)c(Br)c(C)c2)c(F)cc1N. The van der Waals surface area contributed by atoms with Gasteiger partial charge in [0.25, 0.3) is 0 Å². The molecule has 0 saturated heterocycles. The summed E-state index contributed by atoms with van der Waals surface area (Å²) in [5, 5.41) is 0. The van der Waals surface area contributed by atoms with Crippen LogP contribution in [0, 0.1) is 19.7 Å². The predicted molar refractivity (Wildman–Crippen MR) is 81.1 cm³/mol. The van der Waals surface area contributed by atoms with Crippen molar-refractivity contribution in [2.45, 2.75) is 13.8 Å². The van der Waals surface area contributed by atoms with Gasteiger partial charge in [-0.05, 0) is 37.1 Å². The highest BCUT2D eigenvalue weighted by molar-refractivity contribution is 9.10. The number of nitrogen functional groups attached to an aromatic ring is 1. The summed E-state index contributed by atoms with van der Waals surface area (Å²) in [7, 11) is 1.47. The van der Waals surface area contributed by atoms with Crippen LogP contribution in [0.1, 0.15) is 11.1 Å². The van der Waals surface area contributed by atoms with Crippen molar-refractivity contribution in [3.63, 3.8) is 0 Å². The first kappa shape index (κ1) is 14.7. The first-order valence-corrected chi connectivity index (χ1v) is 6.79. The number of aryl methyl sites for hydroxylation is 2. The largest absolute Gasteiger partial charge is 0.494 e. The maximum Gasteiger partial charge on any atom is 0.168 e. The number of hydrogen-bond donors (Lipinski definition) is 1. The lowest BCUT2D eigenvalue weighted by Gasteiger charge is -2.12. The van der Waals surface area contributed by atoms with Crippen molar-refractivity contribution < 1.29 is 13.9 Å². The molecule has 0 aliphatic carbocycles. The number of rotatable bonds is 3. The van der Waals surface area contributed by atoms with Crippen LogP contribution < -0.4 is 15.2 Å². The molecule has 0 atom stereocenters. The molecule has 0 fully saturated rings. The molecule has 0 radical (unpaired) electrons. The van der Waals surface area contributed by atoms with Crippen LogP contribution in [0.3, 0.4) is 0 Å². The minimum atomic E-state index is -0.526. The highest BCUT2D eigenvalue weighted by Gasteiger charge is 2.12. The molecular formula is C15H15BrFNO2. The van der Waals surface area contributed by atoms with Gasteiger partial charge in [0, 0.05) is 16.6 Å². The lowest BCUT2D eigenvalue weighted by molar-refractivity contribution is 0.403. The Balaban J connectivity index is 2.39. The smallest absolute Gasteiger partial charge is 0.168 e. The van der Waals surface area contributed by atoms with Gasteiger partial charge in [0.2, 0.25) is 0 Å². The molecule has 0 aliphatic rings. The average molecular weight is 340 g/mol. The van der Waals surface area contributed by atoms with Crippen LogP contribution in [0.25, 0.3) is 0 Å².